The quantitative estimate of drug-likeness (QED) is 0.0730. The molecule has 6 nitrogen and oxygen atoms in total. The number of nitrogens with zero attached hydrogens (tertiary/aromatic N) is 1. The summed E-state index contributed by atoms with van der Waals surface area (Å²) in [5.74, 6) is -93.8. The van der Waals surface area contributed by atoms with Crippen molar-refractivity contribution in [2.24, 2.45) is 0 Å². The molecular formula is C21H22F25N2O4S+. The highest BCUT2D eigenvalue weighted by atomic mass is 32.2. The normalized spacial score (nSPS) is 17.0. The van der Waals surface area contributed by atoms with Crippen molar-refractivity contribution < 1.29 is 133 Å². The Kier molecular flexibility index (Phi) is 13.7. The summed E-state index contributed by atoms with van der Waals surface area (Å²) in [6.07, 6.45) is -10.6. The van der Waals surface area contributed by atoms with Crippen LogP contribution in [0.25, 0.3) is 0 Å². The van der Waals surface area contributed by atoms with E-state index >= 15 is 0 Å². The Labute approximate surface area is 278 Å². The van der Waals surface area contributed by atoms with Gasteiger partial charge in [0.25, 0.3) is 10.0 Å². The lowest BCUT2D eigenvalue weighted by atomic mass is 9.85. The summed E-state index contributed by atoms with van der Waals surface area (Å²) in [4.78, 5) is 0. The predicted molar refractivity (Wildman–Crippen MR) is 122 cm³/mol. The zero-order valence-corrected chi connectivity index (χ0v) is 26.2. The third kappa shape index (κ3) is 7.63. The maximum absolute atomic E-state index is 14.2. The van der Waals surface area contributed by atoms with Crippen molar-refractivity contribution in [2.45, 2.75) is 89.6 Å². The molecule has 0 saturated heterocycles. The first-order valence-electron chi connectivity index (χ1n) is 13.0. The second-order valence-corrected chi connectivity index (χ2v) is 13.3. The molecule has 0 amide bonds. The van der Waals surface area contributed by atoms with Gasteiger partial charge in [-0.05, 0) is 0 Å². The number of nitrogens with one attached hydrogen (secondary N) is 1. The van der Waals surface area contributed by atoms with E-state index in [0.29, 0.717) is 4.72 Å². The molecule has 0 bridgehead atoms. The molecule has 0 heterocycles. The molecule has 320 valence electrons. The van der Waals surface area contributed by atoms with Gasteiger partial charge in [-0.1, -0.05) is 0 Å². The number of quaternary nitrogens is 1. The summed E-state index contributed by atoms with van der Waals surface area (Å²) < 4.78 is 363. The molecule has 0 spiro atoms. The zero-order valence-electron chi connectivity index (χ0n) is 25.3. The van der Waals surface area contributed by atoms with E-state index in [1.54, 1.807) is 0 Å². The fraction of sp³-hybridized carbons (Fsp3) is 1.00. The van der Waals surface area contributed by atoms with Crippen LogP contribution < -0.4 is 4.72 Å². The maximum atomic E-state index is 14.2. The third-order valence-corrected chi connectivity index (χ3v) is 8.63. The van der Waals surface area contributed by atoms with Crippen LogP contribution in [0.1, 0.15) is 12.8 Å². The molecule has 0 aromatic carbocycles. The van der Waals surface area contributed by atoms with E-state index in [1.165, 1.54) is 14.1 Å². The minimum atomic E-state index is -9.76. The smallest absolute Gasteiger partial charge is 0.394 e. The van der Waals surface area contributed by atoms with Crippen molar-refractivity contribution >= 4 is 10.0 Å². The number of hydrogen-bond donors (Lipinski definition) is 3. The Morgan fingerprint density at radius 2 is 0.792 bits per heavy atom. The molecule has 0 radical (unpaired) electrons. The van der Waals surface area contributed by atoms with Crippen LogP contribution in [0.15, 0.2) is 0 Å². The van der Waals surface area contributed by atoms with Gasteiger partial charge in [0.05, 0.1) is 39.9 Å². The van der Waals surface area contributed by atoms with Crippen molar-refractivity contribution in [2.75, 3.05) is 40.3 Å². The summed E-state index contributed by atoms with van der Waals surface area (Å²) in [5, 5.41) is 10.0. The molecule has 3 N–H and O–H groups in total. The van der Waals surface area contributed by atoms with Crippen LogP contribution in [0.3, 0.4) is 0 Å². The zero-order chi connectivity index (χ0) is 43.5. The van der Waals surface area contributed by atoms with Crippen LogP contribution in [-0.4, -0.2) is 140 Å². The van der Waals surface area contributed by atoms with Crippen LogP contribution >= 0.6 is 0 Å². The molecule has 0 aliphatic rings. The lowest BCUT2D eigenvalue weighted by molar-refractivity contribution is -0.891. The minimum absolute atomic E-state index is 0.131. The molecular weight excluding hydrogens is 851 g/mol. The Bertz CT molecular complexity index is 1380. The monoisotopic (exact) mass is 873 g/mol. The number of aliphatic hydroxyl groups excluding tert-OH is 2. The van der Waals surface area contributed by atoms with Crippen LogP contribution in [0.5, 0.6) is 0 Å². The van der Waals surface area contributed by atoms with E-state index in [-0.39, 0.29) is 17.4 Å². The molecule has 0 aromatic heterocycles. The molecule has 0 aromatic rings. The lowest BCUT2D eigenvalue weighted by Crippen LogP contribution is -2.78. The van der Waals surface area contributed by atoms with Gasteiger partial charge in [-0.25, -0.2) is 13.1 Å². The van der Waals surface area contributed by atoms with Gasteiger partial charge in [-0.3, -0.25) is 0 Å². The van der Waals surface area contributed by atoms with Gasteiger partial charge in [0.1, 0.15) is 0 Å². The highest BCUT2D eigenvalue weighted by Crippen LogP contribution is 2.68. The topological polar surface area (TPSA) is 86.6 Å². The SMILES string of the molecule is C[N+](C)(CCCNS(=O)(=O)C(F)(F)C(F)(F)C(F)(F)C(F)(F)C(F)(F)C(F)(F)C(F)(F)C(F)(F)C(F)(F)C(F)(F)C(F)(F)C(F)(F)F)CCC(O)CO. The van der Waals surface area contributed by atoms with Gasteiger partial charge in [-0.15, -0.1) is 0 Å². The standard InChI is InChI=1S/C21H22F25N2O4S/c1-48(2,7-4-9(50)8-49)6-3-5-47-53(51,52)21(45,46)19(40,41)17(36,37)15(32,33)13(28,29)11(24,25)10(22,23)12(26,27)14(30,31)16(34,35)18(38,39)20(42,43)44/h9,47,49-50H,3-8H2,1-2H3/q+1. The number of sulfonamides is 1. The summed E-state index contributed by atoms with van der Waals surface area (Å²) in [5.41, 5.74) is 0. The first-order chi connectivity index (χ1) is 22.7. The average Bonchev–Trinajstić information content (AvgIpc) is 2.96. The predicted octanol–water partition coefficient (Wildman–Crippen LogP) is 6.62. The van der Waals surface area contributed by atoms with E-state index in [0.717, 1.165) is 0 Å². The van der Waals surface area contributed by atoms with Crippen molar-refractivity contribution in [3.63, 3.8) is 0 Å². The van der Waals surface area contributed by atoms with Gasteiger partial charge >= 0.3 is 70.7 Å². The summed E-state index contributed by atoms with van der Waals surface area (Å²) in [7, 11) is -5.20. The molecule has 0 aliphatic heterocycles. The molecule has 0 fully saturated rings. The molecule has 0 rings (SSSR count). The summed E-state index contributed by atoms with van der Waals surface area (Å²) in [6.45, 7) is -2.96. The van der Waals surface area contributed by atoms with Crippen molar-refractivity contribution in [1.82, 2.24) is 4.72 Å². The molecule has 1 atom stereocenters. The second kappa shape index (κ2) is 14.2. The Morgan fingerprint density at radius 1 is 0.509 bits per heavy atom. The van der Waals surface area contributed by atoms with Crippen LogP contribution in [0.4, 0.5) is 110 Å². The highest BCUT2D eigenvalue weighted by molar-refractivity contribution is 7.90. The molecule has 0 aliphatic carbocycles. The highest BCUT2D eigenvalue weighted by Gasteiger charge is 3.00. The second-order valence-electron chi connectivity index (χ2n) is 11.5. The van der Waals surface area contributed by atoms with Gasteiger partial charge in [0.2, 0.25) is 0 Å². The van der Waals surface area contributed by atoms with Gasteiger partial charge in [0.15, 0.2) is 0 Å². The average molecular weight is 873 g/mol. The van der Waals surface area contributed by atoms with Crippen LogP contribution in [-0.2, 0) is 10.0 Å². The summed E-state index contributed by atoms with van der Waals surface area (Å²) >= 11 is 0. The van der Waals surface area contributed by atoms with Crippen LogP contribution in [0.2, 0.25) is 0 Å². The van der Waals surface area contributed by atoms with E-state index < -0.39 is 113 Å². The van der Waals surface area contributed by atoms with Gasteiger partial charge in [0, 0.05) is 19.4 Å². The molecule has 53 heavy (non-hydrogen) atoms. The Balaban J connectivity index is 6.91. The maximum Gasteiger partial charge on any atom is 0.460 e. The van der Waals surface area contributed by atoms with E-state index in [4.69, 9.17) is 5.11 Å². The minimum Gasteiger partial charge on any atom is -0.394 e. The third-order valence-electron chi connectivity index (χ3n) is 7.12. The van der Waals surface area contributed by atoms with Crippen molar-refractivity contribution in [1.29, 1.82) is 0 Å². The van der Waals surface area contributed by atoms with E-state index in [2.05, 4.69) is 0 Å². The fourth-order valence-corrected chi connectivity index (χ4v) is 4.67. The number of halogens is 25. The first-order valence-corrected chi connectivity index (χ1v) is 14.5. The van der Waals surface area contributed by atoms with Gasteiger partial charge < -0.3 is 14.7 Å². The molecule has 1 unspecified atom stereocenters. The number of rotatable bonds is 20. The Hall–Kier alpha value is -1.96. The van der Waals surface area contributed by atoms with Crippen molar-refractivity contribution in [3.8, 4) is 0 Å². The number of aliphatic hydroxyl groups is 2. The molecule has 32 heteroatoms. The number of hydrogen-bond acceptors (Lipinski definition) is 4. The number of alkyl halides is 25. The fourth-order valence-electron chi connectivity index (χ4n) is 3.61. The Morgan fingerprint density at radius 3 is 1.08 bits per heavy atom. The largest absolute Gasteiger partial charge is 0.460 e. The van der Waals surface area contributed by atoms with E-state index in [1.807, 2.05) is 0 Å². The summed E-state index contributed by atoms with van der Waals surface area (Å²) in [6, 6.07) is 0. The lowest BCUT2D eigenvalue weighted by Gasteiger charge is -2.45. The first kappa shape index (κ1) is 51.0. The van der Waals surface area contributed by atoms with E-state index in [9.17, 15) is 123 Å². The molecule has 0 saturated carbocycles. The van der Waals surface area contributed by atoms with Gasteiger partial charge in [-0.2, -0.15) is 110 Å². The van der Waals surface area contributed by atoms with Crippen molar-refractivity contribution in [3.05, 3.63) is 0 Å². The van der Waals surface area contributed by atoms with Crippen LogP contribution in [0, 0.1) is 0 Å².